The SMILES string of the molecule is CC(CN1CCCC1)N1C2CCCC1CC(=O)C2. The molecular weight excluding hydrogens is 224 g/mol. The van der Waals surface area contributed by atoms with E-state index in [1.807, 2.05) is 0 Å². The largest absolute Gasteiger partial charge is 0.302 e. The molecule has 3 heteroatoms. The maximum Gasteiger partial charge on any atom is 0.136 e. The summed E-state index contributed by atoms with van der Waals surface area (Å²) in [4.78, 5) is 17.1. The molecule has 3 saturated heterocycles. The Morgan fingerprint density at radius 2 is 1.72 bits per heavy atom. The minimum Gasteiger partial charge on any atom is -0.302 e. The number of piperidine rings is 2. The molecule has 0 spiro atoms. The number of hydrogen-bond acceptors (Lipinski definition) is 3. The van der Waals surface area contributed by atoms with Crippen LogP contribution in [0.15, 0.2) is 0 Å². The number of rotatable bonds is 3. The Labute approximate surface area is 111 Å². The van der Waals surface area contributed by atoms with E-state index in [2.05, 4.69) is 16.7 Å². The first-order valence-corrected chi connectivity index (χ1v) is 7.75. The molecule has 3 nitrogen and oxygen atoms in total. The second-order valence-electron chi connectivity index (χ2n) is 6.49. The quantitative estimate of drug-likeness (QED) is 0.766. The minimum absolute atomic E-state index is 0.509. The van der Waals surface area contributed by atoms with Crippen LogP contribution in [0.1, 0.15) is 51.9 Å². The Hall–Kier alpha value is -0.410. The lowest BCUT2D eigenvalue weighted by atomic mass is 9.82. The summed E-state index contributed by atoms with van der Waals surface area (Å²) >= 11 is 0. The van der Waals surface area contributed by atoms with E-state index in [4.69, 9.17) is 0 Å². The van der Waals surface area contributed by atoms with Crippen LogP contribution in [0.5, 0.6) is 0 Å². The van der Waals surface area contributed by atoms with E-state index in [1.54, 1.807) is 0 Å². The molecule has 102 valence electrons. The molecule has 18 heavy (non-hydrogen) atoms. The van der Waals surface area contributed by atoms with E-state index in [1.165, 1.54) is 51.7 Å². The Balaban J connectivity index is 1.64. The number of ketones is 1. The van der Waals surface area contributed by atoms with E-state index >= 15 is 0 Å². The monoisotopic (exact) mass is 250 g/mol. The summed E-state index contributed by atoms with van der Waals surface area (Å²) in [7, 11) is 0. The molecule has 0 amide bonds. The zero-order valence-corrected chi connectivity index (χ0v) is 11.6. The lowest BCUT2D eigenvalue weighted by molar-refractivity contribution is -0.128. The van der Waals surface area contributed by atoms with Gasteiger partial charge < -0.3 is 4.90 Å². The number of Topliss-reactive ketones (excluding diaryl/α,β-unsaturated/α-hetero) is 1. The van der Waals surface area contributed by atoms with Crippen molar-refractivity contribution in [3.63, 3.8) is 0 Å². The van der Waals surface area contributed by atoms with E-state index < -0.39 is 0 Å². The van der Waals surface area contributed by atoms with Gasteiger partial charge in [-0.05, 0) is 45.7 Å². The summed E-state index contributed by atoms with van der Waals surface area (Å²) in [6, 6.07) is 1.75. The van der Waals surface area contributed by atoms with Crippen molar-refractivity contribution < 1.29 is 4.79 Å². The van der Waals surface area contributed by atoms with Crippen molar-refractivity contribution >= 4 is 5.78 Å². The highest BCUT2D eigenvalue weighted by Gasteiger charge is 2.40. The van der Waals surface area contributed by atoms with Crippen LogP contribution < -0.4 is 0 Å². The third-order valence-electron chi connectivity index (χ3n) is 5.07. The highest BCUT2D eigenvalue weighted by atomic mass is 16.1. The van der Waals surface area contributed by atoms with Gasteiger partial charge in [0.2, 0.25) is 0 Å². The first kappa shape index (κ1) is 12.6. The van der Waals surface area contributed by atoms with Crippen molar-refractivity contribution in [3.05, 3.63) is 0 Å². The molecule has 0 aromatic rings. The Bertz CT molecular complexity index is 296. The van der Waals surface area contributed by atoms with Gasteiger partial charge in [-0.2, -0.15) is 0 Å². The molecule has 0 radical (unpaired) electrons. The van der Waals surface area contributed by atoms with Gasteiger partial charge in [0, 0.05) is 37.5 Å². The van der Waals surface area contributed by atoms with Crippen LogP contribution in [-0.4, -0.2) is 53.3 Å². The fraction of sp³-hybridized carbons (Fsp3) is 0.933. The van der Waals surface area contributed by atoms with Crippen molar-refractivity contribution in [2.75, 3.05) is 19.6 Å². The van der Waals surface area contributed by atoms with Crippen molar-refractivity contribution in [1.82, 2.24) is 9.80 Å². The summed E-state index contributed by atoms with van der Waals surface area (Å²) in [5.41, 5.74) is 0. The van der Waals surface area contributed by atoms with Gasteiger partial charge >= 0.3 is 0 Å². The predicted molar refractivity (Wildman–Crippen MR) is 72.6 cm³/mol. The second kappa shape index (κ2) is 5.30. The van der Waals surface area contributed by atoms with Gasteiger partial charge in [0.1, 0.15) is 5.78 Å². The van der Waals surface area contributed by atoms with E-state index in [0.29, 0.717) is 23.9 Å². The number of likely N-dealkylation sites (tertiary alicyclic amines) is 1. The molecule has 3 atom stereocenters. The second-order valence-corrected chi connectivity index (χ2v) is 6.49. The fourth-order valence-corrected chi connectivity index (χ4v) is 4.36. The van der Waals surface area contributed by atoms with Crippen LogP contribution in [0.2, 0.25) is 0 Å². The maximum atomic E-state index is 11.8. The van der Waals surface area contributed by atoms with Crippen LogP contribution >= 0.6 is 0 Å². The maximum absolute atomic E-state index is 11.8. The van der Waals surface area contributed by atoms with Crippen LogP contribution in [0.4, 0.5) is 0 Å². The topological polar surface area (TPSA) is 23.6 Å². The molecule has 3 rings (SSSR count). The zero-order valence-electron chi connectivity index (χ0n) is 11.6. The number of carbonyl (C=O) groups is 1. The van der Waals surface area contributed by atoms with E-state index in [-0.39, 0.29) is 0 Å². The standard InChI is InChI=1S/C15H26N2O/c1-12(11-16-7-2-3-8-16)17-13-5-4-6-14(17)10-15(18)9-13/h12-14H,2-11H2,1H3. The first-order chi connectivity index (χ1) is 8.74. The summed E-state index contributed by atoms with van der Waals surface area (Å²) < 4.78 is 0. The van der Waals surface area contributed by atoms with Gasteiger partial charge in [-0.25, -0.2) is 0 Å². The molecule has 0 aliphatic carbocycles. The van der Waals surface area contributed by atoms with Crippen molar-refractivity contribution in [2.24, 2.45) is 0 Å². The smallest absolute Gasteiger partial charge is 0.136 e. The van der Waals surface area contributed by atoms with E-state index in [0.717, 1.165) is 12.8 Å². The average molecular weight is 250 g/mol. The predicted octanol–water partition coefficient (Wildman–Crippen LogP) is 2.06. The Morgan fingerprint density at radius 3 is 2.33 bits per heavy atom. The van der Waals surface area contributed by atoms with Gasteiger partial charge in [-0.3, -0.25) is 9.69 Å². The Morgan fingerprint density at radius 1 is 1.11 bits per heavy atom. The normalized spacial score (nSPS) is 35.9. The molecule has 0 aromatic carbocycles. The molecular formula is C15H26N2O. The average Bonchev–Trinajstić information content (AvgIpc) is 2.80. The molecule has 0 N–H and O–H groups in total. The summed E-state index contributed by atoms with van der Waals surface area (Å²) in [6.45, 7) is 6.15. The van der Waals surface area contributed by atoms with Crippen molar-refractivity contribution in [3.8, 4) is 0 Å². The third-order valence-corrected chi connectivity index (χ3v) is 5.07. The summed E-state index contributed by atoms with van der Waals surface area (Å²) in [5, 5.41) is 0. The van der Waals surface area contributed by atoms with Crippen LogP contribution in [0.3, 0.4) is 0 Å². The lowest BCUT2D eigenvalue weighted by Crippen LogP contribution is -2.58. The first-order valence-electron chi connectivity index (χ1n) is 7.75. The summed E-state index contributed by atoms with van der Waals surface area (Å²) in [6.07, 6.45) is 8.20. The van der Waals surface area contributed by atoms with Gasteiger partial charge in [0.25, 0.3) is 0 Å². The highest BCUT2D eigenvalue weighted by molar-refractivity contribution is 5.80. The van der Waals surface area contributed by atoms with E-state index in [9.17, 15) is 4.79 Å². The minimum atomic E-state index is 0.509. The van der Waals surface area contributed by atoms with Gasteiger partial charge in [0.15, 0.2) is 0 Å². The molecule has 3 aliphatic rings. The number of hydrogen-bond donors (Lipinski definition) is 0. The molecule has 0 aromatic heterocycles. The zero-order chi connectivity index (χ0) is 12.5. The summed E-state index contributed by atoms with van der Waals surface area (Å²) in [5.74, 6) is 0.509. The molecule has 3 aliphatic heterocycles. The number of carbonyl (C=O) groups excluding carboxylic acids is 1. The number of nitrogens with zero attached hydrogens (tertiary/aromatic N) is 2. The fourth-order valence-electron chi connectivity index (χ4n) is 4.36. The lowest BCUT2D eigenvalue weighted by Gasteiger charge is -2.49. The van der Waals surface area contributed by atoms with Crippen molar-refractivity contribution in [2.45, 2.75) is 70.0 Å². The van der Waals surface area contributed by atoms with Crippen LogP contribution in [-0.2, 0) is 4.79 Å². The number of fused-ring (bicyclic) bond motifs is 2. The molecule has 3 unspecified atom stereocenters. The molecule has 0 saturated carbocycles. The van der Waals surface area contributed by atoms with Gasteiger partial charge in [-0.1, -0.05) is 6.42 Å². The molecule has 3 heterocycles. The molecule has 3 fully saturated rings. The van der Waals surface area contributed by atoms with Gasteiger partial charge in [0.05, 0.1) is 0 Å². The Kier molecular flexibility index (Phi) is 3.71. The van der Waals surface area contributed by atoms with Gasteiger partial charge in [-0.15, -0.1) is 0 Å². The third kappa shape index (κ3) is 2.48. The van der Waals surface area contributed by atoms with Crippen LogP contribution in [0.25, 0.3) is 0 Å². The highest BCUT2D eigenvalue weighted by Crippen LogP contribution is 2.34. The van der Waals surface area contributed by atoms with Crippen molar-refractivity contribution in [1.29, 1.82) is 0 Å². The molecule has 2 bridgehead atoms. The van der Waals surface area contributed by atoms with Crippen LogP contribution in [0, 0.1) is 0 Å².